The zero-order valence-electron chi connectivity index (χ0n) is 37.9. The number of aliphatic imine (C=N–C) groups is 2. The molecule has 0 unspecified atom stereocenters. The van der Waals surface area contributed by atoms with Crippen LogP contribution in [0, 0.1) is 5.92 Å². The number of guanidine groups is 2. The highest BCUT2D eigenvalue weighted by molar-refractivity contribution is 7.80. The summed E-state index contributed by atoms with van der Waals surface area (Å²) >= 11 is 4.13. The maximum Gasteiger partial charge on any atom is 0.326 e. The largest absolute Gasteiger partial charge is 0.480 e. The summed E-state index contributed by atoms with van der Waals surface area (Å²) in [6.07, 6.45) is 0.995. The number of nitrogens with two attached hydrogens (primary N) is 5. The Hall–Kier alpha value is -6.78. The Morgan fingerprint density at radius 2 is 1.10 bits per heavy atom. The molecule has 1 rings (SSSR count). The summed E-state index contributed by atoms with van der Waals surface area (Å²) in [5, 5.41) is 48.2. The van der Waals surface area contributed by atoms with Crippen LogP contribution < -0.4 is 71.2 Å². The topological polar surface area (TPSA) is 465 Å². The first-order valence-corrected chi connectivity index (χ1v) is 22.1. The molecule has 0 aromatic heterocycles. The molecule has 0 fully saturated rings. The van der Waals surface area contributed by atoms with E-state index in [1.54, 1.807) is 44.2 Å². The molecule has 28 heteroatoms. The van der Waals surface area contributed by atoms with E-state index in [1.807, 2.05) is 0 Å². The molecule has 0 saturated carbocycles. The number of hydrogen-bond donors (Lipinski definition) is 17. The van der Waals surface area contributed by atoms with Gasteiger partial charge in [-0.2, -0.15) is 12.6 Å². The second-order valence-corrected chi connectivity index (χ2v) is 15.7. The smallest absolute Gasteiger partial charge is 0.326 e. The Bertz CT molecular complexity index is 1900. The van der Waals surface area contributed by atoms with Crippen molar-refractivity contribution in [1.82, 2.24) is 42.5 Å². The average Bonchev–Trinajstić information content (AvgIpc) is 3.30. The molecule has 21 N–H and O–H groups in total. The van der Waals surface area contributed by atoms with Crippen molar-refractivity contribution in [2.75, 3.05) is 45.1 Å². The van der Waals surface area contributed by atoms with Gasteiger partial charge in [0.25, 0.3) is 0 Å². The molecule has 0 heterocycles. The minimum Gasteiger partial charge on any atom is -0.480 e. The van der Waals surface area contributed by atoms with Crippen molar-refractivity contribution in [3.05, 3.63) is 35.9 Å². The number of nitrogens with one attached hydrogen (secondary N) is 8. The predicted octanol–water partition coefficient (Wildman–Crippen LogP) is -7.15. The van der Waals surface area contributed by atoms with Gasteiger partial charge in [0, 0.05) is 25.3 Å². The van der Waals surface area contributed by atoms with Gasteiger partial charge >= 0.3 is 5.97 Å². The molecule has 27 nitrogen and oxygen atoms in total. The molecule has 0 aliphatic rings. The Kier molecular flexibility index (Phi) is 27.9. The summed E-state index contributed by atoms with van der Waals surface area (Å²) in [6.45, 7) is 0.436. The third kappa shape index (κ3) is 23.1. The molecule has 8 atom stereocenters. The first-order chi connectivity index (χ1) is 32.2. The van der Waals surface area contributed by atoms with Crippen LogP contribution in [0.3, 0.4) is 0 Å². The number of aliphatic hydroxyl groups excluding tert-OH is 2. The van der Waals surface area contributed by atoms with E-state index in [0.717, 1.165) is 0 Å². The first kappa shape index (κ1) is 59.2. The van der Waals surface area contributed by atoms with Gasteiger partial charge in [-0.05, 0) is 37.2 Å². The second-order valence-electron chi connectivity index (χ2n) is 15.3. The molecule has 0 spiro atoms. The number of carbonyl (C=O) groups excluding carboxylic acids is 8. The van der Waals surface area contributed by atoms with Gasteiger partial charge in [-0.25, -0.2) is 4.79 Å². The number of carboxylic acids is 1. The molecule has 0 aliphatic carbocycles. The summed E-state index contributed by atoms with van der Waals surface area (Å²) in [4.78, 5) is 124. The van der Waals surface area contributed by atoms with Gasteiger partial charge in [0.2, 0.25) is 47.3 Å². The average molecular weight is 982 g/mol. The van der Waals surface area contributed by atoms with Crippen LogP contribution in [0.15, 0.2) is 40.3 Å². The van der Waals surface area contributed by atoms with Gasteiger partial charge in [-0.15, -0.1) is 0 Å². The number of carbonyl (C=O) groups is 9. The number of hydrogen-bond acceptors (Lipinski definition) is 15. The Morgan fingerprint density at radius 3 is 1.62 bits per heavy atom. The van der Waals surface area contributed by atoms with Gasteiger partial charge in [-0.3, -0.25) is 48.3 Å². The van der Waals surface area contributed by atoms with Crippen LogP contribution >= 0.6 is 12.6 Å². The van der Waals surface area contributed by atoms with Crippen molar-refractivity contribution in [2.24, 2.45) is 44.6 Å². The number of nitrogens with zero attached hydrogens (tertiary/aromatic N) is 2. The normalized spacial score (nSPS) is 14.3. The van der Waals surface area contributed by atoms with Crippen molar-refractivity contribution >= 4 is 77.8 Å². The first-order valence-electron chi connectivity index (χ1n) is 21.5. The maximum absolute atomic E-state index is 13.5. The van der Waals surface area contributed by atoms with E-state index >= 15 is 0 Å². The zero-order chi connectivity index (χ0) is 51.3. The van der Waals surface area contributed by atoms with Crippen molar-refractivity contribution in [3.8, 4) is 0 Å². The third-order valence-electron chi connectivity index (χ3n) is 9.91. The van der Waals surface area contributed by atoms with Crippen molar-refractivity contribution in [3.63, 3.8) is 0 Å². The number of amides is 8. The van der Waals surface area contributed by atoms with E-state index in [-0.39, 0.29) is 56.4 Å². The van der Waals surface area contributed by atoms with Gasteiger partial charge in [0.05, 0.1) is 32.3 Å². The number of benzene rings is 1. The summed E-state index contributed by atoms with van der Waals surface area (Å²) in [5.74, 6) is -9.61. The van der Waals surface area contributed by atoms with E-state index in [0.29, 0.717) is 18.4 Å². The summed E-state index contributed by atoms with van der Waals surface area (Å²) in [7, 11) is 0. The highest BCUT2D eigenvalue weighted by Gasteiger charge is 2.32. The minimum atomic E-state index is -1.70. The van der Waals surface area contributed by atoms with E-state index in [4.69, 9.17) is 28.7 Å². The predicted molar refractivity (Wildman–Crippen MR) is 251 cm³/mol. The van der Waals surface area contributed by atoms with Crippen molar-refractivity contribution < 1.29 is 58.5 Å². The van der Waals surface area contributed by atoms with E-state index in [1.165, 1.54) is 0 Å². The van der Waals surface area contributed by atoms with Crippen molar-refractivity contribution in [2.45, 2.75) is 94.7 Å². The van der Waals surface area contributed by atoms with E-state index in [9.17, 15) is 58.5 Å². The SMILES string of the molecule is CC[C@H](C)[C@H](NC(=O)[C@H](CCCN=C(N)N)NC(=O)CNC(=O)CNC(=O)[C@H](Cc1ccccc1)NC(=O)[C@H](CS)NC(=O)[C@H](CO)NC(=O)[C@H](CO)NC(=O)[C@@H](N)CCCN=C(N)N)C(=O)O. The maximum atomic E-state index is 13.5. The van der Waals surface area contributed by atoms with Crippen LogP contribution in [0.1, 0.15) is 51.5 Å². The molecule has 380 valence electrons. The number of thiol groups is 1. The van der Waals surface area contributed by atoms with E-state index < -0.39 is 128 Å². The molecule has 1 aromatic carbocycles. The minimum absolute atomic E-state index is 0.00363. The van der Waals surface area contributed by atoms with Crippen LogP contribution in [0.5, 0.6) is 0 Å². The Labute approximate surface area is 398 Å². The van der Waals surface area contributed by atoms with Crippen LogP contribution in [-0.4, -0.2) is 168 Å². The molecule has 0 aliphatic heterocycles. The number of aliphatic carboxylic acids is 1. The molecule has 1 aromatic rings. The highest BCUT2D eigenvalue weighted by atomic mass is 32.1. The third-order valence-corrected chi connectivity index (χ3v) is 10.3. The zero-order valence-corrected chi connectivity index (χ0v) is 38.8. The monoisotopic (exact) mass is 981 g/mol. The summed E-state index contributed by atoms with van der Waals surface area (Å²) in [5.41, 5.74) is 27.7. The number of carboxylic acid groups (broad SMARTS) is 1. The molecule has 0 saturated heterocycles. The lowest BCUT2D eigenvalue weighted by Gasteiger charge is -2.25. The van der Waals surface area contributed by atoms with Crippen molar-refractivity contribution in [1.29, 1.82) is 0 Å². The molecular weight excluding hydrogens is 915 g/mol. The second kappa shape index (κ2) is 32.0. The van der Waals surface area contributed by atoms with Crippen LogP contribution in [0.25, 0.3) is 0 Å². The standard InChI is InChI=1S/C40H67N15O12S/c1-3-21(2)31(38(66)67)55-34(62)24(12-8-14-47-40(44)45)50-30(59)17-48-29(58)16-49-33(61)25(15-22-9-5-4-6-10-22)51-37(65)28(20-68)54-36(64)27(19-57)53-35(63)26(18-56)52-32(60)23(41)11-7-13-46-39(42)43/h4-6,9-10,21,23-28,31,56-57,68H,3,7-8,11-20,41H2,1-2H3,(H,48,58)(H,49,61)(H,50,59)(H,51,65)(H,52,60)(H,53,63)(H,54,64)(H,55,62)(H,66,67)(H4,42,43,46)(H4,44,45,47)/t21-,23-,24-,25-,26-,27-,28-,31-/m0/s1. The molecule has 0 radical (unpaired) electrons. The van der Waals surface area contributed by atoms with Gasteiger partial charge < -0.3 is 86.5 Å². The fourth-order valence-electron chi connectivity index (χ4n) is 5.87. The lowest BCUT2D eigenvalue weighted by atomic mass is 9.98. The Morgan fingerprint density at radius 1 is 0.618 bits per heavy atom. The molecule has 8 amide bonds. The fraction of sp³-hybridized carbons (Fsp3) is 0.575. The highest BCUT2D eigenvalue weighted by Crippen LogP contribution is 2.10. The number of rotatable bonds is 32. The summed E-state index contributed by atoms with van der Waals surface area (Å²) < 4.78 is 0. The van der Waals surface area contributed by atoms with Gasteiger partial charge in [-0.1, -0.05) is 50.6 Å². The van der Waals surface area contributed by atoms with Gasteiger partial charge in [0.1, 0.15) is 36.3 Å². The van der Waals surface area contributed by atoms with E-state index in [2.05, 4.69) is 65.1 Å². The quantitative estimate of drug-likeness (QED) is 0.0138. The molecule has 68 heavy (non-hydrogen) atoms. The van der Waals surface area contributed by atoms with Crippen LogP contribution in [0.2, 0.25) is 0 Å². The van der Waals surface area contributed by atoms with Gasteiger partial charge in [0.15, 0.2) is 11.9 Å². The summed E-state index contributed by atoms with van der Waals surface area (Å²) in [6, 6.07) is -1.30. The van der Waals surface area contributed by atoms with Crippen LogP contribution in [0.4, 0.5) is 0 Å². The molecule has 0 bridgehead atoms. The number of aliphatic hydroxyl groups is 2. The fourth-order valence-corrected chi connectivity index (χ4v) is 6.13. The molecular formula is C40H67N15O12S. The lowest BCUT2D eigenvalue weighted by molar-refractivity contribution is -0.143. The lowest BCUT2D eigenvalue weighted by Crippen LogP contribution is -2.60. The Balaban J connectivity index is 2.98. The van der Waals surface area contributed by atoms with Crippen LogP contribution in [-0.2, 0) is 49.6 Å².